The number of hydrogen-bond donors (Lipinski definition) is 1. The Morgan fingerprint density at radius 1 is 1.63 bits per heavy atom. The minimum atomic E-state index is -0.591. The molecule has 19 heavy (non-hydrogen) atoms. The lowest BCUT2D eigenvalue weighted by Crippen LogP contribution is -2.10. The minimum Gasteiger partial charge on any atom is -0.464 e. The van der Waals surface area contributed by atoms with Crippen LogP contribution in [0, 0.1) is 11.3 Å². The Labute approximate surface area is 109 Å². The highest BCUT2D eigenvalue weighted by Crippen LogP contribution is 2.27. The molecule has 0 saturated carbocycles. The quantitative estimate of drug-likeness (QED) is 0.843. The molecular weight excluding hydrogens is 246 g/mol. The number of nitrogens with two attached hydrogens (primary N) is 1. The first-order chi connectivity index (χ1) is 9.17. The lowest BCUT2D eigenvalue weighted by molar-refractivity contribution is 0.0519. The molecule has 2 aromatic rings. The van der Waals surface area contributed by atoms with Gasteiger partial charge in [-0.2, -0.15) is 5.26 Å². The molecule has 0 aliphatic carbocycles. The van der Waals surface area contributed by atoms with Crippen LogP contribution < -0.4 is 5.73 Å². The molecule has 0 radical (unpaired) electrons. The van der Waals surface area contributed by atoms with E-state index in [1.807, 2.05) is 6.07 Å². The third-order valence-electron chi connectivity index (χ3n) is 2.43. The Hall–Kier alpha value is -2.81. The van der Waals surface area contributed by atoms with Gasteiger partial charge in [0.25, 0.3) is 0 Å². The Morgan fingerprint density at radius 2 is 2.42 bits per heavy atom. The number of carbonyl (C=O) groups is 1. The van der Waals surface area contributed by atoms with Gasteiger partial charge in [-0.15, -0.1) is 0 Å². The van der Waals surface area contributed by atoms with Crippen molar-refractivity contribution in [1.29, 1.82) is 5.26 Å². The predicted molar refractivity (Wildman–Crippen MR) is 67.0 cm³/mol. The van der Waals surface area contributed by atoms with Crippen LogP contribution in [-0.4, -0.2) is 17.6 Å². The van der Waals surface area contributed by atoms with Crippen molar-refractivity contribution >= 4 is 11.8 Å². The zero-order valence-electron chi connectivity index (χ0n) is 10.2. The molecule has 6 heteroatoms. The molecule has 0 aliphatic heterocycles. The van der Waals surface area contributed by atoms with Gasteiger partial charge in [0.2, 0.25) is 0 Å². The van der Waals surface area contributed by atoms with Gasteiger partial charge in [0.15, 0.2) is 5.69 Å². The maximum Gasteiger partial charge on any atom is 0.357 e. The number of nitrogens with zero attached hydrogens (tertiary/aromatic N) is 2. The predicted octanol–water partition coefficient (Wildman–Crippen LogP) is 1.97. The summed E-state index contributed by atoms with van der Waals surface area (Å²) in [6.07, 6.45) is 1.47. The van der Waals surface area contributed by atoms with Crippen LogP contribution in [0.4, 0.5) is 5.82 Å². The third kappa shape index (κ3) is 2.40. The Kier molecular flexibility index (Phi) is 3.48. The summed E-state index contributed by atoms with van der Waals surface area (Å²) >= 11 is 0. The molecule has 0 amide bonds. The monoisotopic (exact) mass is 257 g/mol. The maximum absolute atomic E-state index is 11.7. The van der Waals surface area contributed by atoms with Gasteiger partial charge >= 0.3 is 5.97 Å². The number of nitrogen functional groups attached to an aromatic ring is 1. The van der Waals surface area contributed by atoms with Crippen LogP contribution in [0.15, 0.2) is 28.9 Å². The van der Waals surface area contributed by atoms with Crippen molar-refractivity contribution in [1.82, 2.24) is 4.98 Å². The van der Waals surface area contributed by atoms with Crippen molar-refractivity contribution in [2.24, 2.45) is 0 Å². The van der Waals surface area contributed by atoms with E-state index in [1.165, 1.54) is 12.3 Å². The number of nitriles is 1. The molecule has 2 aromatic heterocycles. The molecule has 0 spiro atoms. The van der Waals surface area contributed by atoms with Crippen LogP contribution in [0.3, 0.4) is 0 Å². The summed E-state index contributed by atoms with van der Waals surface area (Å²) in [5, 5.41) is 9.10. The van der Waals surface area contributed by atoms with Crippen LogP contribution in [0.25, 0.3) is 11.3 Å². The summed E-state index contributed by atoms with van der Waals surface area (Å²) in [6, 6.07) is 6.74. The van der Waals surface area contributed by atoms with E-state index in [9.17, 15) is 4.79 Å². The van der Waals surface area contributed by atoms with Gasteiger partial charge < -0.3 is 14.9 Å². The molecule has 2 rings (SSSR count). The molecule has 0 atom stereocenters. The van der Waals surface area contributed by atoms with Gasteiger partial charge in [-0.05, 0) is 25.1 Å². The number of carbonyl (C=O) groups excluding carboxylic acids is 1. The van der Waals surface area contributed by atoms with Crippen molar-refractivity contribution in [3.05, 3.63) is 35.7 Å². The van der Waals surface area contributed by atoms with Gasteiger partial charge in [0.05, 0.1) is 12.9 Å². The summed E-state index contributed by atoms with van der Waals surface area (Å²) in [4.78, 5) is 15.5. The van der Waals surface area contributed by atoms with E-state index < -0.39 is 5.97 Å². The molecule has 0 unspecified atom stereocenters. The summed E-state index contributed by atoms with van der Waals surface area (Å²) in [6.45, 7) is 1.93. The zero-order valence-corrected chi connectivity index (χ0v) is 10.2. The summed E-state index contributed by atoms with van der Waals surface area (Å²) in [5.41, 5.74) is 6.32. The second-order valence-corrected chi connectivity index (χ2v) is 3.62. The molecule has 6 nitrogen and oxygen atoms in total. The first kappa shape index (κ1) is 12.6. The molecule has 2 N–H and O–H groups in total. The summed E-state index contributed by atoms with van der Waals surface area (Å²) in [5.74, 6) is -0.179. The number of pyridine rings is 1. The molecular formula is C13H11N3O3. The molecule has 0 fully saturated rings. The number of ether oxygens (including phenoxy) is 1. The van der Waals surface area contributed by atoms with E-state index in [4.69, 9.17) is 20.1 Å². The van der Waals surface area contributed by atoms with E-state index in [2.05, 4.69) is 4.98 Å². The number of aromatic nitrogens is 1. The topological polar surface area (TPSA) is 102 Å². The minimum absolute atomic E-state index is 0.0283. The molecule has 2 heterocycles. The highest BCUT2D eigenvalue weighted by atomic mass is 16.5. The molecule has 96 valence electrons. The average molecular weight is 257 g/mol. The smallest absolute Gasteiger partial charge is 0.357 e. The van der Waals surface area contributed by atoms with Crippen molar-refractivity contribution in [3.8, 4) is 17.4 Å². The first-order valence-electron chi connectivity index (χ1n) is 5.59. The van der Waals surface area contributed by atoms with Gasteiger partial charge in [0.1, 0.15) is 23.2 Å². The van der Waals surface area contributed by atoms with Gasteiger partial charge in [0, 0.05) is 5.56 Å². The van der Waals surface area contributed by atoms with E-state index in [-0.39, 0.29) is 23.7 Å². The van der Waals surface area contributed by atoms with Crippen LogP contribution >= 0.6 is 0 Å². The summed E-state index contributed by atoms with van der Waals surface area (Å²) < 4.78 is 10.1. The van der Waals surface area contributed by atoms with E-state index in [0.29, 0.717) is 11.3 Å². The number of hydrogen-bond acceptors (Lipinski definition) is 6. The Balaban J connectivity index is 2.58. The van der Waals surface area contributed by atoms with Gasteiger partial charge in [-0.25, -0.2) is 9.78 Å². The van der Waals surface area contributed by atoms with Crippen LogP contribution in [-0.2, 0) is 4.74 Å². The average Bonchev–Trinajstić information content (AvgIpc) is 2.91. The van der Waals surface area contributed by atoms with Crippen molar-refractivity contribution in [2.45, 2.75) is 6.92 Å². The fourth-order valence-corrected chi connectivity index (χ4v) is 1.62. The zero-order chi connectivity index (χ0) is 13.8. The number of anilines is 1. The van der Waals surface area contributed by atoms with Crippen LogP contribution in [0.2, 0.25) is 0 Å². The Morgan fingerprint density at radius 3 is 3.00 bits per heavy atom. The third-order valence-corrected chi connectivity index (χ3v) is 2.43. The van der Waals surface area contributed by atoms with Crippen LogP contribution in [0.5, 0.6) is 0 Å². The van der Waals surface area contributed by atoms with E-state index in [1.54, 1.807) is 19.1 Å². The van der Waals surface area contributed by atoms with Gasteiger partial charge in [-0.3, -0.25) is 0 Å². The normalized spacial score (nSPS) is 9.89. The SMILES string of the molecule is CCOC(=O)c1cc(-c2ccco2)c(C#N)c(N)n1. The largest absolute Gasteiger partial charge is 0.464 e. The highest BCUT2D eigenvalue weighted by Gasteiger charge is 2.18. The second kappa shape index (κ2) is 5.23. The number of esters is 1. The number of rotatable bonds is 3. The lowest BCUT2D eigenvalue weighted by Gasteiger charge is -2.07. The van der Waals surface area contributed by atoms with E-state index >= 15 is 0 Å². The van der Waals surface area contributed by atoms with E-state index in [0.717, 1.165) is 0 Å². The van der Waals surface area contributed by atoms with Gasteiger partial charge in [-0.1, -0.05) is 0 Å². The molecule has 0 aromatic carbocycles. The van der Waals surface area contributed by atoms with Crippen molar-refractivity contribution < 1.29 is 13.9 Å². The van der Waals surface area contributed by atoms with Crippen molar-refractivity contribution in [3.63, 3.8) is 0 Å². The van der Waals surface area contributed by atoms with Crippen LogP contribution in [0.1, 0.15) is 23.0 Å². The molecule has 0 bridgehead atoms. The summed E-state index contributed by atoms with van der Waals surface area (Å²) in [7, 11) is 0. The maximum atomic E-state index is 11.7. The molecule has 0 aliphatic rings. The Bertz CT molecular complexity index is 642. The second-order valence-electron chi connectivity index (χ2n) is 3.62. The molecule has 0 saturated heterocycles. The highest BCUT2D eigenvalue weighted by molar-refractivity contribution is 5.90. The first-order valence-corrected chi connectivity index (χ1v) is 5.59. The fraction of sp³-hybridized carbons (Fsp3) is 0.154. The number of furan rings is 1. The lowest BCUT2D eigenvalue weighted by atomic mass is 10.1. The standard InChI is InChI=1S/C13H11N3O3/c1-2-18-13(17)10-6-8(11-4-3-5-19-11)9(7-14)12(15)16-10/h3-6H,2H2,1H3,(H2,15,16). The van der Waals surface area contributed by atoms with Crippen molar-refractivity contribution in [2.75, 3.05) is 12.3 Å². The fourth-order valence-electron chi connectivity index (χ4n) is 1.62.